The van der Waals surface area contributed by atoms with Crippen LogP contribution in [-0.4, -0.2) is 41.8 Å². The zero-order valence-corrected chi connectivity index (χ0v) is 12.5. The van der Waals surface area contributed by atoms with E-state index in [1.807, 2.05) is 6.08 Å². The number of likely N-dealkylation sites (tertiary alicyclic amines) is 1. The summed E-state index contributed by atoms with van der Waals surface area (Å²) < 4.78 is 12.9. The van der Waals surface area contributed by atoms with E-state index >= 15 is 0 Å². The van der Waals surface area contributed by atoms with E-state index in [0.29, 0.717) is 6.04 Å². The molecule has 1 fully saturated rings. The molecule has 1 aromatic rings. The molecule has 0 saturated carbocycles. The fourth-order valence-electron chi connectivity index (χ4n) is 2.74. The normalized spacial score (nSPS) is 18.4. The van der Waals surface area contributed by atoms with E-state index in [4.69, 9.17) is 0 Å². The van der Waals surface area contributed by atoms with E-state index in [2.05, 4.69) is 16.8 Å². The molecule has 2 rings (SSSR count). The van der Waals surface area contributed by atoms with E-state index < -0.39 is 0 Å². The van der Waals surface area contributed by atoms with E-state index in [0.717, 1.165) is 51.0 Å². The molecular weight excluding hydrogens is 267 g/mol. The Labute approximate surface area is 126 Å². The molecule has 1 atom stereocenters. The number of hydrogen-bond acceptors (Lipinski definition) is 3. The summed E-state index contributed by atoms with van der Waals surface area (Å²) in [6.07, 6.45) is 5.34. The lowest BCUT2D eigenvalue weighted by Gasteiger charge is -2.34. The molecule has 2 N–H and O–H groups in total. The summed E-state index contributed by atoms with van der Waals surface area (Å²) in [4.78, 5) is 2.32. The second kappa shape index (κ2) is 8.15. The van der Waals surface area contributed by atoms with Gasteiger partial charge < -0.3 is 15.3 Å². The highest BCUT2D eigenvalue weighted by Crippen LogP contribution is 2.17. The molecule has 0 bridgehead atoms. The van der Waals surface area contributed by atoms with Gasteiger partial charge in [0.1, 0.15) is 5.82 Å². The highest BCUT2D eigenvalue weighted by molar-refractivity contribution is 5.43. The molecule has 0 amide bonds. The molecule has 1 saturated heterocycles. The van der Waals surface area contributed by atoms with E-state index in [9.17, 15) is 9.50 Å². The highest BCUT2D eigenvalue weighted by atomic mass is 19.1. The number of rotatable bonds is 7. The van der Waals surface area contributed by atoms with Gasteiger partial charge in [-0.1, -0.05) is 6.08 Å². The van der Waals surface area contributed by atoms with Crippen LogP contribution in [0.25, 0.3) is 0 Å². The lowest BCUT2D eigenvalue weighted by atomic mass is 10.0. The van der Waals surface area contributed by atoms with Crippen molar-refractivity contribution in [3.63, 3.8) is 0 Å². The number of halogens is 1. The van der Waals surface area contributed by atoms with Gasteiger partial charge in [0.05, 0.1) is 6.10 Å². The smallest absolute Gasteiger partial charge is 0.123 e. The van der Waals surface area contributed by atoms with Crippen LogP contribution in [0.3, 0.4) is 0 Å². The third-order valence-electron chi connectivity index (χ3n) is 3.98. The number of anilines is 1. The van der Waals surface area contributed by atoms with Crippen LogP contribution in [0.15, 0.2) is 36.9 Å². The first-order valence-electron chi connectivity index (χ1n) is 7.71. The van der Waals surface area contributed by atoms with Crippen molar-refractivity contribution in [2.75, 3.05) is 25.0 Å². The van der Waals surface area contributed by atoms with Crippen LogP contribution in [0, 0.1) is 5.82 Å². The van der Waals surface area contributed by atoms with Gasteiger partial charge in [-0.3, -0.25) is 0 Å². The first kappa shape index (κ1) is 16.0. The lowest BCUT2D eigenvalue weighted by Crippen LogP contribution is -2.42. The van der Waals surface area contributed by atoms with Crippen molar-refractivity contribution in [2.45, 2.75) is 37.8 Å². The van der Waals surface area contributed by atoms with Gasteiger partial charge in [-0.15, -0.1) is 6.58 Å². The summed E-state index contributed by atoms with van der Waals surface area (Å²) in [5.74, 6) is -0.205. The maximum absolute atomic E-state index is 12.9. The van der Waals surface area contributed by atoms with Gasteiger partial charge in [-0.2, -0.15) is 0 Å². The molecule has 21 heavy (non-hydrogen) atoms. The third kappa shape index (κ3) is 5.48. The topological polar surface area (TPSA) is 35.5 Å². The minimum Gasteiger partial charge on any atom is -0.392 e. The Bertz CT molecular complexity index is 427. The van der Waals surface area contributed by atoms with Crippen LogP contribution in [0.4, 0.5) is 10.1 Å². The lowest BCUT2D eigenvalue weighted by molar-refractivity contribution is 0.0934. The van der Waals surface area contributed by atoms with Crippen molar-refractivity contribution in [2.24, 2.45) is 0 Å². The Balaban J connectivity index is 1.70. The zero-order chi connectivity index (χ0) is 15.1. The Kier molecular flexibility index (Phi) is 6.21. The van der Waals surface area contributed by atoms with Gasteiger partial charge >= 0.3 is 0 Å². The SMILES string of the molecule is C=CCCC(O)CN1CCC(Nc2ccc(F)cc2)CC1. The van der Waals surface area contributed by atoms with Crippen LogP contribution in [0.2, 0.25) is 0 Å². The number of aliphatic hydroxyl groups is 1. The Morgan fingerprint density at radius 3 is 2.62 bits per heavy atom. The average Bonchev–Trinajstić information content (AvgIpc) is 2.49. The minimum atomic E-state index is -0.260. The molecule has 0 spiro atoms. The number of aliphatic hydroxyl groups excluding tert-OH is 1. The van der Waals surface area contributed by atoms with Gasteiger partial charge in [-0.25, -0.2) is 4.39 Å². The summed E-state index contributed by atoms with van der Waals surface area (Å²) >= 11 is 0. The molecule has 0 radical (unpaired) electrons. The predicted molar refractivity (Wildman–Crippen MR) is 84.9 cm³/mol. The van der Waals surface area contributed by atoms with Crippen molar-refractivity contribution in [1.82, 2.24) is 4.90 Å². The number of nitrogens with one attached hydrogen (secondary N) is 1. The summed E-state index contributed by atoms with van der Waals surface area (Å²) in [7, 11) is 0. The number of allylic oxidation sites excluding steroid dienone is 1. The maximum atomic E-state index is 12.9. The first-order valence-corrected chi connectivity index (χ1v) is 7.71. The highest BCUT2D eigenvalue weighted by Gasteiger charge is 2.20. The Morgan fingerprint density at radius 1 is 1.33 bits per heavy atom. The van der Waals surface area contributed by atoms with E-state index in [1.165, 1.54) is 12.1 Å². The maximum Gasteiger partial charge on any atom is 0.123 e. The molecular formula is C17H25FN2O. The first-order chi connectivity index (χ1) is 10.2. The van der Waals surface area contributed by atoms with Gasteiger partial charge in [0.2, 0.25) is 0 Å². The quantitative estimate of drug-likeness (QED) is 0.758. The number of benzene rings is 1. The number of hydrogen-bond donors (Lipinski definition) is 2. The molecule has 1 aliphatic heterocycles. The summed E-state index contributed by atoms with van der Waals surface area (Å²) in [5, 5.41) is 13.4. The van der Waals surface area contributed by atoms with Crippen molar-refractivity contribution < 1.29 is 9.50 Å². The van der Waals surface area contributed by atoms with Crippen LogP contribution >= 0.6 is 0 Å². The van der Waals surface area contributed by atoms with E-state index in [1.54, 1.807) is 12.1 Å². The summed E-state index contributed by atoms with van der Waals surface area (Å²) in [6.45, 7) is 6.41. The van der Waals surface area contributed by atoms with Gasteiger partial charge in [0.15, 0.2) is 0 Å². The van der Waals surface area contributed by atoms with Gasteiger partial charge in [-0.05, 0) is 49.9 Å². The zero-order valence-electron chi connectivity index (χ0n) is 12.5. The standard InChI is InChI=1S/C17H25FN2O/c1-2-3-4-17(21)13-20-11-9-16(10-12-20)19-15-7-5-14(18)6-8-15/h2,5-8,16-17,19,21H,1,3-4,9-13H2. The molecule has 0 aromatic heterocycles. The van der Waals surface area contributed by atoms with Crippen molar-refractivity contribution in [3.05, 3.63) is 42.7 Å². The fraction of sp³-hybridized carbons (Fsp3) is 0.529. The van der Waals surface area contributed by atoms with Crippen LogP contribution in [0.5, 0.6) is 0 Å². The fourth-order valence-corrected chi connectivity index (χ4v) is 2.74. The van der Waals surface area contributed by atoms with Gasteiger partial charge in [0.25, 0.3) is 0 Å². The molecule has 1 aromatic carbocycles. The second-order valence-electron chi connectivity index (χ2n) is 5.75. The van der Waals surface area contributed by atoms with Crippen molar-refractivity contribution in [3.8, 4) is 0 Å². The van der Waals surface area contributed by atoms with Crippen molar-refractivity contribution >= 4 is 5.69 Å². The molecule has 0 aliphatic carbocycles. The third-order valence-corrected chi connectivity index (χ3v) is 3.98. The Morgan fingerprint density at radius 2 is 2.00 bits per heavy atom. The van der Waals surface area contributed by atoms with E-state index in [-0.39, 0.29) is 11.9 Å². The monoisotopic (exact) mass is 292 g/mol. The largest absolute Gasteiger partial charge is 0.392 e. The molecule has 1 heterocycles. The van der Waals surface area contributed by atoms with Crippen LogP contribution in [-0.2, 0) is 0 Å². The molecule has 3 nitrogen and oxygen atoms in total. The molecule has 1 aliphatic rings. The number of β-amino-alcohol motifs (C(OH)–C–C–N with tert-alkyl or cyclic N) is 1. The average molecular weight is 292 g/mol. The van der Waals surface area contributed by atoms with Crippen LogP contribution < -0.4 is 5.32 Å². The molecule has 4 heteroatoms. The molecule has 116 valence electrons. The molecule has 1 unspecified atom stereocenters. The Hall–Kier alpha value is -1.39. The van der Waals surface area contributed by atoms with Crippen LogP contribution in [0.1, 0.15) is 25.7 Å². The number of piperidine rings is 1. The van der Waals surface area contributed by atoms with Gasteiger partial charge in [0, 0.05) is 31.4 Å². The second-order valence-corrected chi connectivity index (χ2v) is 5.75. The minimum absolute atomic E-state index is 0.205. The van der Waals surface area contributed by atoms with Crippen molar-refractivity contribution in [1.29, 1.82) is 0 Å². The summed E-state index contributed by atoms with van der Waals surface area (Å²) in [6, 6.07) is 6.94. The number of nitrogens with zero attached hydrogens (tertiary/aromatic N) is 1. The summed E-state index contributed by atoms with van der Waals surface area (Å²) in [5.41, 5.74) is 0.973. The predicted octanol–water partition coefficient (Wildman–Crippen LogP) is 3.03.